The van der Waals surface area contributed by atoms with Crippen LogP contribution in [0.2, 0.25) is 0 Å². The van der Waals surface area contributed by atoms with Crippen molar-refractivity contribution in [1.29, 1.82) is 0 Å². The van der Waals surface area contributed by atoms with Crippen molar-refractivity contribution in [1.82, 2.24) is 20.1 Å². The molecule has 2 aromatic heterocycles. The second kappa shape index (κ2) is 7.77. The van der Waals surface area contributed by atoms with Crippen LogP contribution in [0.5, 0.6) is 5.75 Å². The van der Waals surface area contributed by atoms with E-state index in [9.17, 15) is 4.79 Å². The van der Waals surface area contributed by atoms with E-state index < -0.39 is 5.54 Å². The van der Waals surface area contributed by atoms with Crippen molar-refractivity contribution in [3.63, 3.8) is 0 Å². The number of hydrogen-bond acceptors (Lipinski definition) is 8. The first-order chi connectivity index (χ1) is 14.7. The molecule has 0 atom stereocenters. The predicted molar refractivity (Wildman–Crippen MR) is 123 cm³/mol. The van der Waals surface area contributed by atoms with Crippen molar-refractivity contribution in [3.05, 3.63) is 46.8 Å². The molecular formula is C21H25N7O2S. The van der Waals surface area contributed by atoms with Crippen LogP contribution in [0.4, 0.5) is 5.69 Å². The molecule has 0 fully saturated rings. The molecule has 0 saturated heterocycles. The topological polar surface area (TPSA) is 119 Å². The largest absolute Gasteiger partial charge is 0.490 e. The average molecular weight is 440 g/mol. The fourth-order valence-electron chi connectivity index (χ4n) is 3.59. The number of amides is 1. The first kappa shape index (κ1) is 21.0. The fourth-order valence-corrected chi connectivity index (χ4v) is 4.09. The highest BCUT2D eigenvalue weighted by Gasteiger charge is 2.26. The van der Waals surface area contributed by atoms with Crippen molar-refractivity contribution in [2.24, 2.45) is 17.2 Å². The van der Waals surface area contributed by atoms with Gasteiger partial charge < -0.3 is 20.5 Å². The molecule has 9 nitrogen and oxygen atoms in total. The molecule has 0 radical (unpaired) electrons. The Morgan fingerprint density at radius 1 is 1.35 bits per heavy atom. The first-order valence-electron chi connectivity index (χ1n) is 9.81. The molecule has 0 bridgehead atoms. The lowest BCUT2D eigenvalue weighted by Crippen LogP contribution is -2.48. The third-order valence-electron chi connectivity index (χ3n) is 4.96. The summed E-state index contributed by atoms with van der Waals surface area (Å²) in [6.45, 7) is 7.81. The summed E-state index contributed by atoms with van der Waals surface area (Å²) < 4.78 is 15.0. The van der Waals surface area contributed by atoms with Gasteiger partial charge in [0.2, 0.25) is 0 Å². The Bertz CT molecular complexity index is 1220. The molecule has 1 aliphatic rings. The molecule has 4 N–H and O–H groups in total. The van der Waals surface area contributed by atoms with Crippen LogP contribution in [-0.4, -0.2) is 38.7 Å². The lowest BCUT2D eigenvalue weighted by atomic mass is 10.0. The second-order valence-electron chi connectivity index (χ2n) is 8.19. The van der Waals surface area contributed by atoms with E-state index >= 15 is 0 Å². The maximum absolute atomic E-state index is 13.2. The number of anilines is 1. The van der Waals surface area contributed by atoms with Crippen molar-refractivity contribution in [2.45, 2.75) is 33.2 Å². The third kappa shape index (κ3) is 4.02. The maximum atomic E-state index is 13.2. The Labute approximate surface area is 184 Å². The molecule has 4 rings (SSSR count). The number of benzene rings is 1. The van der Waals surface area contributed by atoms with Crippen molar-refractivity contribution in [3.8, 4) is 5.75 Å². The molecular weight excluding hydrogens is 414 g/mol. The number of carbonyl (C=O) groups is 1. The molecule has 1 amide bonds. The maximum Gasteiger partial charge on any atom is 0.252 e. The Morgan fingerprint density at radius 3 is 2.90 bits per heavy atom. The van der Waals surface area contributed by atoms with Gasteiger partial charge >= 0.3 is 0 Å². The van der Waals surface area contributed by atoms with Gasteiger partial charge in [0.15, 0.2) is 5.65 Å². The summed E-state index contributed by atoms with van der Waals surface area (Å²) in [6.07, 6.45) is 0. The van der Waals surface area contributed by atoms with Gasteiger partial charge in [0.25, 0.3) is 5.91 Å². The molecule has 0 unspecified atom stereocenters. The minimum absolute atomic E-state index is 0.200. The van der Waals surface area contributed by atoms with Crippen molar-refractivity contribution in [2.75, 3.05) is 11.3 Å². The molecule has 1 aliphatic heterocycles. The number of hydrogen-bond donors (Lipinski definition) is 3. The van der Waals surface area contributed by atoms with Gasteiger partial charge in [0, 0.05) is 12.7 Å². The van der Waals surface area contributed by atoms with Gasteiger partial charge in [0.05, 0.1) is 45.6 Å². The second-order valence-corrected chi connectivity index (χ2v) is 8.76. The van der Waals surface area contributed by atoms with Gasteiger partial charge in [-0.25, -0.2) is 4.98 Å². The fraction of sp³-hybridized carbons (Fsp3) is 0.333. The lowest BCUT2D eigenvalue weighted by Gasteiger charge is -2.28. The smallest absolute Gasteiger partial charge is 0.252 e. The molecule has 0 saturated carbocycles. The van der Waals surface area contributed by atoms with Gasteiger partial charge in [-0.15, -0.1) is 0 Å². The van der Waals surface area contributed by atoms with Gasteiger partial charge in [-0.2, -0.15) is 9.50 Å². The molecule has 162 valence electrons. The van der Waals surface area contributed by atoms with Crippen LogP contribution in [0.15, 0.2) is 28.7 Å². The molecule has 0 spiro atoms. The Balaban J connectivity index is 1.55. The molecule has 3 heterocycles. The number of nitrogens with one attached hydrogen (secondary N) is 2. The summed E-state index contributed by atoms with van der Waals surface area (Å²) in [5.74, 6) is 0.812. The van der Waals surface area contributed by atoms with Crippen molar-refractivity contribution < 1.29 is 9.53 Å². The van der Waals surface area contributed by atoms with Crippen LogP contribution in [0.25, 0.3) is 11.0 Å². The highest BCUT2D eigenvalue weighted by molar-refractivity contribution is 7.99. The van der Waals surface area contributed by atoms with E-state index in [2.05, 4.69) is 24.5 Å². The highest BCUT2D eigenvalue weighted by atomic mass is 32.2. The van der Waals surface area contributed by atoms with E-state index in [1.54, 1.807) is 10.7 Å². The summed E-state index contributed by atoms with van der Waals surface area (Å²) in [5.41, 5.74) is 9.73. The quantitative estimate of drug-likeness (QED) is 0.523. The monoisotopic (exact) mass is 439 g/mol. The Hall–Kier alpha value is -3.27. The van der Waals surface area contributed by atoms with E-state index in [1.165, 1.54) is 12.1 Å². The van der Waals surface area contributed by atoms with E-state index in [0.29, 0.717) is 22.8 Å². The number of nitrogens with zero attached hydrogens (tertiary/aromatic N) is 4. The number of nitrogens with two attached hydrogens (primary N) is 1. The van der Waals surface area contributed by atoms with E-state index in [-0.39, 0.29) is 12.5 Å². The lowest BCUT2D eigenvalue weighted by molar-refractivity contribution is 0.0882. The zero-order valence-electron chi connectivity index (χ0n) is 18.1. The van der Waals surface area contributed by atoms with Gasteiger partial charge in [-0.05, 0) is 45.9 Å². The minimum atomic E-state index is -0.651. The number of aromatic nitrogens is 3. The SMILES string of the molecule is Cc1cc(C(=O)NC(C)(C)COc2cccc3c2C(N)=NSN3)c2c(C)nn(C)c2n1. The van der Waals surface area contributed by atoms with Crippen LogP contribution in [0.3, 0.4) is 0 Å². The van der Waals surface area contributed by atoms with Gasteiger partial charge in [-0.1, -0.05) is 6.07 Å². The zero-order chi connectivity index (χ0) is 22.3. The molecule has 1 aromatic carbocycles. The summed E-state index contributed by atoms with van der Waals surface area (Å²) in [4.78, 5) is 17.7. The van der Waals surface area contributed by atoms with E-state index in [1.807, 2.05) is 52.9 Å². The summed E-state index contributed by atoms with van der Waals surface area (Å²) >= 11 is 1.18. The molecule has 10 heteroatoms. The van der Waals surface area contributed by atoms with E-state index in [0.717, 1.165) is 28.0 Å². The van der Waals surface area contributed by atoms with Crippen LogP contribution < -0.4 is 20.5 Å². The molecule has 0 aliphatic carbocycles. The zero-order valence-corrected chi connectivity index (χ0v) is 18.9. The summed E-state index contributed by atoms with van der Waals surface area (Å²) in [7, 11) is 1.82. The minimum Gasteiger partial charge on any atom is -0.490 e. The number of rotatable bonds is 5. The number of aryl methyl sites for hydroxylation is 3. The van der Waals surface area contributed by atoms with Crippen LogP contribution >= 0.6 is 12.1 Å². The van der Waals surface area contributed by atoms with Crippen LogP contribution in [0.1, 0.15) is 41.2 Å². The number of ether oxygens (including phenoxy) is 1. The number of fused-ring (bicyclic) bond motifs is 2. The summed E-state index contributed by atoms with van der Waals surface area (Å²) in [6, 6.07) is 7.42. The highest BCUT2D eigenvalue weighted by Crippen LogP contribution is 2.32. The van der Waals surface area contributed by atoms with E-state index in [4.69, 9.17) is 10.5 Å². The Kier molecular flexibility index (Phi) is 5.26. The number of pyridine rings is 1. The Morgan fingerprint density at radius 2 is 2.13 bits per heavy atom. The molecule has 31 heavy (non-hydrogen) atoms. The predicted octanol–water partition coefficient (Wildman–Crippen LogP) is 2.87. The first-order valence-corrected chi connectivity index (χ1v) is 10.6. The van der Waals surface area contributed by atoms with Crippen LogP contribution in [-0.2, 0) is 7.05 Å². The normalized spacial score (nSPS) is 13.4. The standard InChI is InChI=1S/C21H25N7O2S/c1-11-9-13(16-12(2)25-28(5)19(16)23-11)20(29)24-21(3,4)10-30-15-8-6-7-14-17(15)18(22)27-31-26-14/h6-9,26H,10H2,1-5H3,(H2,22,27)(H,24,29). The van der Waals surface area contributed by atoms with Crippen molar-refractivity contribution >= 4 is 40.6 Å². The third-order valence-corrected chi connectivity index (χ3v) is 5.56. The van der Waals surface area contributed by atoms with Gasteiger partial charge in [-0.3, -0.25) is 9.48 Å². The number of amidine groups is 1. The van der Waals surface area contributed by atoms with Crippen LogP contribution in [0, 0.1) is 13.8 Å². The van der Waals surface area contributed by atoms with Gasteiger partial charge in [0.1, 0.15) is 18.2 Å². The number of carbonyl (C=O) groups excluding carboxylic acids is 1. The molecule has 3 aromatic rings. The average Bonchev–Trinajstić information content (AvgIpc) is 2.99. The summed E-state index contributed by atoms with van der Waals surface area (Å²) in [5, 5.41) is 8.25.